The number of carbonyl (C=O) groups is 1. The molecule has 0 spiro atoms. The molecule has 2 amide bonds. The van der Waals surface area contributed by atoms with Crippen molar-refractivity contribution in [3.63, 3.8) is 0 Å². The normalized spacial score (nSPS) is 16.7. The highest BCUT2D eigenvalue weighted by Crippen LogP contribution is 2.40. The lowest BCUT2D eigenvalue weighted by molar-refractivity contribution is 0.122. The number of rotatable bonds is 6. The van der Waals surface area contributed by atoms with Gasteiger partial charge >= 0.3 is 6.03 Å². The standard InChI is InChI=1S/C20H24FN5O2/c21-7-8-22-20(27)23-16-5-3-15(4-6-16)19-24-17(14-1-2-14)13-18(25-19)26-9-11-28-12-10-26/h3-6,13-14H,1-2,7-12H2,(H2,22,23,27). The highest BCUT2D eigenvalue weighted by atomic mass is 19.1. The van der Waals surface area contributed by atoms with E-state index in [-0.39, 0.29) is 6.54 Å². The van der Waals surface area contributed by atoms with E-state index in [1.54, 1.807) is 12.1 Å². The van der Waals surface area contributed by atoms with Crippen LogP contribution in [0.3, 0.4) is 0 Å². The average molecular weight is 385 g/mol. The molecule has 8 heteroatoms. The van der Waals surface area contributed by atoms with Crippen molar-refractivity contribution >= 4 is 17.5 Å². The number of aromatic nitrogens is 2. The molecule has 1 aromatic heterocycles. The molecule has 2 heterocycles. The molecule has 4 rings (SSSR count). The first-order chi connectivity index (χ1) is 13.7. The van der Waals surface area contributed by atoms with Crippen LogP contribution in [0, 0.1) is 0 Å². The molecule has 1 aromatic carbocycles. The Bertz CT molecular complexity index is 820. The minimum atomic E-state index is -0.591. The van der Waals surface area contributed by atoms with Gasteiger partial charge in [0.05, 0.1) is 13.2 Å². The van der Waals surface area contributed by atoms with Gasteiger partial charge < -0.3 is 20.3 Å². The van der Waals surface area contributed by atoms with E-state index < -0.39 is 12.7 Å². The van der Waals surface area contributed by atoms with Crippen molar-refractivity contribution in [3.8, 4) is 11.4 Å². The maximum absolute atomic E-state index is 12.1. The van der Waals surface area contributed by atoms with Gasteiger partial charge in [-0.15, -0.1) is 0 Å². The zero-order chi connectivity index (χ0) is 19.3. The highest BCUT2D eigenvalue weighted by Gasteiger charge is 2.27. The Morgan fingerprint density at radius 2 is 1.93 bits per heavy atom. The van der Waals surface area contributed by atoms with E-state index in [9.17, 15) is 9.18 Å². The monoisotopic (exact) mass is 385 g/mol. The number of anilines is 2. The first-order valence-corrected chi connectivity index (χ1v) is 9.66. The molecule has 2 fully saturated rings. The number of ether oxygens (including phenoxy) is 1. The van der Waals surface area contributed by atoms with E-state index in [2.05, 4.69) is 21.6 Å². The highest BCUT2D eigenvalue weighted by molar-refractivity contribution is 5.89. The minimum absolute atomic E-state index is 0.00394. The second-order valence-electron chi connectivity index (χ2n) is 7.00. The minimum Gasteiger partial charge on any atom is -0.378 e. The van der Waals surface area contributed by atoms with Crippen LogP contribution in [0.5, 0.6) is 0 Å². The lowest BCUT2D eigenvalue weighted by atomic mass is 10.1. The number of carbonyl (C=O) groups excluding carboxylic acids is 1. The van der Waals surface area contributed by atoms with Gasteiger partial charge in [0, 0.05) is 48.6 Å². The van der Waals surface area contributed by atoms with Crippen LogP contribution in [-0.2, 0) is 4.74 Å². The summed E-state index contributed by atoms with van der Waals surface area (Å²) in [5, 5.41) is 5.11. The van der Waals surface area contributed by atoms with Crippen molar-refractivity contribution in [1.29, 1.82) is 0 Å². The lowest BCUT2D eigenvalue weighted by Crippen LogP contribution is -2.37. The predicted molar refractivity (Wildman–Crippen MR) is 105 cm³/mol. The number of nitrogens with one attached hydrogen (secondary N) is 2. The molecule has 7 nitrogen and oxygen atoms in total. The third kappa shape index (κ3) is 4.56. The Morgan fingerprint density at radius 3 is 2.61 bits per heavy atom. The summed E-state index contributed by atoms with van der Waals surface area (Å²) in [6, 6.07) is 9.06. The van der Waals surface area contributed by atoms with Crippen LogP contribution in [0.25, 0.3) is 11.4 Å². The molecule has 0 radical (unpaired) electrons. The molecular weight excluding hydrogens is 361 g/mol. The fourth-order valence-electron chi connectivity index (χ4n) is 3.16. The van der Waals surface area contributed by atoms with E-state index in [4.69, 9.17) is 14.7 Å². The SMILES string of the molecule is O=C(NCCF)Nc1ccc(-c2nc(C3CC3)cc(N3CCOCC3)n2)cc1. The smallest absolute Gasteiger partial charge is 0.319 e. The number of amides is 2. The number of hydrogen-bond acceptors (Lipinski definition) is 5. The van der Waals surface area contributed by atoms with Crippen molar-refractivity contribution < 1.29 is 13.9 Å². The molecule has 0 unspecified atom stereocenters. The first-order valence-electron chi connectivity index (χ1n) is 9.66. The molecule has 148 valence electrons. The van der Waals surface area contributed by atoms with Crippen molar-refractivity contribution in [2.75, 3.05) is 49.7 Å². The van der Waals surface area contributed by atoms with Crippen molar-refractivity contribution in [2.45, 2.75) is 18.8 Å². The van der Waals surface area contributed by atoms with Gasteiger partial charge in [-0.05, 0) is 37.1 Å². The lowest BCUT2D eigenvalue weighted by Gasteiger charge is -2.28. The number of benzene rings is 1. The molecule has 1 saturated carbocycles. The number of urea groups is 1. The fraction of sp³-hybridized carbons (Fsp3) is 0.450. The second kappa shape index (κ2) is 8.52. The van der Waals surface area contributed by atoms with Gasteiger partial charge in [0.2, 0.25) is 0 Å². The van der Waals surface area contributed by atoms with E-state index >= 15 is 0 Å². The van der Waals surface area contributed by atoms with Gasteiger partial charge in [0.1, 0.15) is 12.5 Å². The Labute approximate surface area is 163 Å². The van der Waals surface area contributed by atoms with Crippen LogP contribution in [0.4, 0.5) is 20.7 Å². The Kier molecular flexibility index (Phi) is 5.66. The second-order valence-corrected chi connectivity index (χ2v) is 7.00. The largest absolute Gasteiger partial charge is 0.378 e. The third-order valence-electron chi connectivity index (χ3n) is 4.84. The van der Waals surface area contributed by atoms with E-state index in [1.807, 2.05) is 12.1 Å². The Hall–Kier alpha value is -2.74. The zero-order valence-electron chi connectivity index (χ0n) is 15.7. The Balaban J connectivity index is 1.54. The van der Waals surface area contributed by atoms with Gasteiger partial charge in [-0.1, -0.05) is 0 Å². The summed E-state index contributed by atoms with van der Waals surface area (Å²) >= 11 is 0. The van der Waals surface area contributed by atoms with Gasteiger partial charge in [0.15, 0.2) is 5.82 Å². The number of nitrogens with zero attached hydrogens (tertiary/aromatic N) is 3. The van der Waals surface area contributed by atoms with Crippen LogP contribution in [0.1, 0.15) is 24.5 Å². The van der Waals surface area contributed by atoms with Crippen molar-refractivity contribution in [2.24, 2.45) is 0 Å². The predicted octanol–water partition coefficient (Wildman–Crippen LogP) is 2.95. The van der Waals surface area contributed by atoms with E-state index in [1.165, 1.54) is 12.8 Å². The molecule has 1 aliphatic heterocycles. The Morgan fingerprint density at radius 1 is 1.18 bits per heavy atom. The van der Waals surface area contributed by atoms with Crippen LogP contribution in [0.15, 0.2) is 30.3 Å². The molecule has 0 bridgehead atoms. The quantitative estimate of drug-likeness (QED) is 0.799. The van der Waals surface area contributed by atoms with Gasteiger partial charge in [-0.25, -0.2) is 19.2 Å². The number of hydrogen-bond donors (Lipinski definition) is 2. The van der Waals surface area contributed by atoms with Crippen LogP contribution >= 0.6 is 0 Å². The summed E-state index contributed by atoms with van der Waals surface area (Å²) in [6.45, 7) is 2.49. The molecule has 1 saturated heterocycles. The summed E-state index contributed by atoms with van der Waals surface area (Å²) in [7, 11) is 0. The number of halogens is 1. The van der Waals surface area contributed by atoms with Crippen molar-refractivity contribution in [3.05, 3.63) is 36.0 Å². The molecule has 28 heavy (non-hydrogen) atoms. The van der Waals surface area contributed by atoms with Gasteiger partial charge in [0.25, 0.3) is 0 Å². The van der Waals surface area contributed by atoms with Crippen molar-refractivity contribution in [1.82, 2.24) is 15.3 Å². The van der Waals surface area contributed by atoms with Gasteiger partial charge in [-0.3, -0.25) is 0 Å². The summed E-state index contributed by atoms with van der Waals surface area (Å²) < 4.78 is 17.6. The number of alkyl halides is 1. The summed E-state index contributed by atoms with van der Waals surface area (Å²) in [5.74, 6) is 2.17. The van der Waals surface area contributed by atoms with Crippen LogP contribution < -0.4 is 15.5 Å². The van der Waals surface area contributed by atoms with Crippen LogP contribution in [-0.4, -0.2) is 55.5 Å². The third-order valence-corrected chi connectivity index (χ3v) is 4.84. The topological polar surface area (TPSA) is 79.4 Å². The molecule has 2 aromatic rings. The first kappa shape index (κ1) is 18.6. The fourth-order valence-corrected chi connectivity index (χ4v) is 3.16. The van der Waals surface area contributed by atoms with E-state index in [0.717, 1.165) is 30.2 Å². The van der Waals surface area contributed by atoms with Gasteiger partial charge in [-0.2, -0.15) is 0 Å². The zero-order valence-corrected chi connectivity index (χ0v) is 15.7. The maximum Gasteiger partial charge on any atom is 0.319 e. The molecule has 2 aliphatic rings. The molecule has 0 atom stereocenters. The summed E-state index contributed by atoms with van der Waals surface area (Å²) in [4.78, 5) is 23.5. The molecular formula is C20H24FN5O2. The summed E-state index contributed by atoms with van der Waals surface area (Å²) in [6.07, 6.45) is 2.35. The van der Waals surface area contributed by atoms with E-state index in [0.29, 0.717) is 30.6 Å². The summed E-state index contributed by atoms with van der Waals surface area (Å²) in [5.41, 5.74) is 2.62. The van der Waals surface area contributed by atoms with Crippen LogP contribution in [0.2, 0.25) is 0 Å². The average Bonchev–Trinajstić information content (AvgIpc) is 3.59. The molecule has 2 N–H and O–H groups in total. The molecule has 1 aliphatic carbocycles. The number of morpholine rings is 1. The maximum atomic E-state index is 12.1.